The van der Waals surface area contributed by atoms with Gasteiger partial charge < -0.3 is 16.3 Å². The van der Waals surface area contributed by atoms with Gasteiger partial charge in [0.15, 0.2) is 5.17 Å². The fourth-order valence-electron chi connectivity index (χ4n) is 0.541. The summed E-state index contributed by atoms with van der Waals surface area (Å²) in [6.07, 6.45) is 0.921. The van der Waals surface area contributed by atoms with Crippen molar-refractivity contribution >= 4 is 16.9 Å². The molecule has 0 fully saturated rings. The van der Waals surface area contributed by atoms with Crippen LogP contribution < -0.4 is 11.6 Å². The number of amidine groups is 1. The lowest BCUT2D eigenvalue weighted by atomic mass is 10.1. The van der Waals surface area contributed by atoms with E-state index in [2.05, 4.69) is 5.10 Å². The van der Waals surface area contributed by atoms with E-state index in [4.69, 9.17) is 16.3 Å². The molecule has 5 heteroatoms. The van der Waals surface area contributed by atoms with E-state index < -0.39 is 0 Å². The number of ether oxygens (including phenoxy) is 1. The van der Waals surface area contributed by atoms with Crippen molar-refractivity contribution in [2.75, 3.05) is 12.9 Å². The molecule has 0 saturated carbocycles. The van der Waals surface area contributed by atoms with E-state index in [-0.39, 0.29) is 5.60 Å². The van der Waals surface area contributed by atoms with E-state index in [1.54, 1.807) is 7.11 Å². The Morgan fingerprint density at radius 2 is 2.17 bits per heavy atom. The molecule has 0 saturated heterocycles. The second-order valence-corrected chi connectivity index (χ2v) is 4.14. The molecule has 0 spiro atoms. The molecule has 4 N–H and O–H groups in total. The van der Waals surface area contributed by atoms with Gasteiger partial charge in [-0.1, -0.05) is 11.8 Å². The predicted molar refractivity (Wildman–Crippen MR) is 54.0 cm³/mol. The molecule has 0 aliphatic carbocycles. The smallest absolute Gasteiger partial charge is 0.177 e. The van der Waals surface area contributed by atoms with Crippen molar-refractivity contribution < 1.29 is 4.74 Å². The summed E-state index contributed by atoms with van der Waals surface area (Å²) in [5, 5.41) is 3.77. The van der Waals surface area contributed by atoms with Crippen LogP contribution in [-0.2, 0) is 4.74 Å². The zero-order valence-electron chi connectivity index (χ0n) is 7.83. The maximum absolute atomic E-state index is 5.39. The van der Waals surface area contributed by atoms with Crippen molar-refractivity contribution in [3.05, 3.63) is 0 Å². The SMILES string of the molecule is COC(C)(C)CCSC(N)=NN. The summed E-state index contributed by atoms with van der Waals surface area (Å²) in [6, 6.07) is 0. The maximum Gasteiger partial charge on any atom is 0.177 e. The molecule has 0 aromatic rings. The van der Waals surface area contributed by atoms with Gasteiger partial charge in [-0.05, 0) is 20.3 Å². The minimum absolute atomic E-state index is 0.0954. The van der Waals surface area contributed by atoms with Gasteiger partial charge in [-0.25, -0.2) is 0 Å². The van der Waals surface area contributed by atoms with Gasteiger partial charge in [0.05, 0.1) is 5.60 Å². The summed E-state index contributed by atoms with van der Waals surface area (Å²) in [5.41, 5.74) is 5.30. The number of hydrogen-bond acceptors (Lipinski definition) is 4. The van der Waals surface area contributed by atoms with Crippen LogP contribution in [0.25, 0.3) is 0 Å². The Labute approximate surface area is 77.7 Å². The Morgan fingerprint density at radius 3 is 2.58 bits per heavy atom. The summed E-state index contributed by atoms with van der Waals surface area (Å²) in [4.78, 5) is 0. The summed E-state index contributed by atoms with van der Waals surface area (Å²) in [7, 11) is 1.70. The Balaban J connectivity index is 3.56. The number of hydrogen-bond donors (Lipinski definition) is 2. The van der Waals surface area contributed by atoms with Crippen LogP contribution in [-0.4, -0.2) is 23.6 Å². The highest BCUT2D eigenvalue weighted by Crippen LogP contribution is 2.16. The third-order valence-corrected chi connectivity index (χ3v) is 2.44. The molecular formula is C7H17N3OS. The van der Waals surface area contributed by atoms with Gasteiger partial charge in [0.1, 0.15) is 0 Å². The van der Waals surface area contributed by atoms with Crippen molar-refractivity contribution in [2.45, 2.75) is 25.9 Å². The van der Waals surface area contributed by atoms with Gasteiger partial charge in [0.25, 0.3) is 0 Å². The zero-order valence-corrected chi connectivity index (χ0v) is 8.65. The number of thioether (sulfide) groups is 1. The van der Waals surface area contributed by atoms with Gasteiger partial charge in [-0.3, -0.25) is 0 Å². The monoisotopic (exact) mass is 191 g/mol. The van der Waals surface area contributed by atoms with Crippen LogP contribution in [0.15, 0.2) is 5.10 Å². The predicted octanol–water partition coefficient (Wildman–Crippen LogP) is 0.723. The van der Waals surface area contributed by atoms with Gasteiger partial charge in [0, 0.05) is 12.9 Å². The van der Waals surface area contributed by atoms with Gasteiger partial charge >= 0.3 is 0 Å². The fraction of sp³-hybridized carbons (Fsp3) is 0.857. The minimum atomic E-state index is -0.0954. The zero-order chi connectivity index (χ0) is 9.61. The minimum Gasteiger partial charge on any atom is -0.379 e. The van der Waals surface area contributed by atoms with E-state index >= 15 is 0 Å². The summed E-state index contributed by atoms with van der Waals surface area (Å²) in [5.74, 6) is 5.83. The van der Waals surface area contributed by atoms with Crippen molar-refractivity contribution in [3.8, 4) is 0 Å². The third-order valence-electron chi connectivity index (χ3n) is 1.63. The van der Waals surface area contributed by atoms with E-state index in [1.165, 1.54) is 11.8 Å². The first-order valence-electron chi connectivity index (χ1n) is 3.73. The average Bonchev–Trinajstić information content (AvgIpc) is 2.04. The van der Waals surface area contributed by atoms with Crippen LogP contribution in [0.2, 0.25) is 0 Å². The molecule has 72 valence electrons. The van der Waals surface area contributed by atoms with Gasteiger partial charge in [-0.15, -0.1) is 0 Å². The molecule has 12 heavy (non-hydrogen) atoms. The third kappa shape index (κ3) is 5.26. The van der Waals surface area contributed by atoms with Gasteiger partial charge in [-0.2, -0.15) is 5.10 Å². The molecular weight excluding hydrogens is 174 g/mol. The average molecular weight is 191 g/mol. The van der Waals surface area contributed by atoms with Crippen LogP contribution in [0.3, 0.4) is 0 Å². The molecule has 0 aromatic heterocycles. The highest BCUT2D eigenvalue weighted by molar-refractivity contribution is 8.13. The molecule has 4 nitrogen and oxygen atoms in total. The molecule has 0 aliphatic heterocycles. The Kier molecular flexibility index (Phi) is 5.08. The molecule has 0 aliphatic rings. The highest BCUT2D eigenvalue weighted by atomic mass is 32.2. The van der Waals surface area contributed by atoms with Crippen LogP contribution in [0.1, 0.15) is 20.3 Å². The highest BCUT2D eigenvalue weighted by Gasteiger charge is 2.15. The molecule has 0 unspecified atom stereocenters. The standard InChI is InChI=1S/C7H17N3OS/c1-7(2,11-3)4-5-12-6(8)10-9/h4-5,9H2,1-3H3,(H2,8,10). The van der Waals surface area contributed by atoms with E-state index in [9.17, 15) is 0 Å². The van der Waals surface area contributed by atoms with E-state index in [0.29, 0.717) is 5.17 Å². The van der Waals surface area contributed by atoms with Gasteiger partial charge in [0.2, 0.25) is 0 Å². The Morgan fingerprint density at radius 1 is 1.58 bits per heavy atom. The Bertz CT molecular complexity index is 159. The van der Waals surface area contributed by atoms with Crippen molar-refractivity contribution in [1.29, 1.82) is 0 Å². The second-order valence-electron chi connectivity index (χ2n) is 3.03. The lowest BCUT2D eigenvalue weighted by molar-refractivity contribution is 0.0207. The van der Waals surface area contributed by atoms with E-state index in [1.807, 2.05) is 13.8 Å². The molecule has 0 heterocycles. The lowest BCUT2D eigenvalue weighted by Gasteiger charge is -2.21. The van der Waals surface area contributed by atoms with Crippen LogP contribution >= 0.6 is 11.8 Å². The van der Waals surface area contributed by atoms with Crippen LogP contribution in [0.4, 0.5) is 0 Å². The summed E-state index contributed by atoms with van der Waals surface area (Å²) >= 11 is 1.44. The number of nitrogens with two attached hydrogens (primary N) is 2. The molecule has 0 aromatic carbocycles. The number of rotatable bonds is 4. The summed E-state index contributed by atoms with van der Waals surface area (Å²) in [6.45, 7) is 4.06. The number of nitrogens with zero attached hydrogens (tertiary/aromatic N) is 1. The number of hydrazone groups is 1. The van der Waals surface area contributed by atoms with Crippen molar-refractivity contribution in [2.24, 2.45) is 16.7 Å². The first-order valence-corrected chi connectivity index (χ1v) is 4.71. The van der Waals surface area contributed by atoms with Crippen LogP contribution in [0, 0.1) is 0 Å². The molecule has 0 bridgehead atoms. The molecule has 0 atom stereocenters. The lowest BCUT2D eigenvalue weighted by Crippen LogP contribution is -2.23. The molecule has 0 radical (unpaired) electrons. The van der Waals surface area contributed by atoms with Crippen LogP contribution in [0.5, 0.6) is 0 Å². The molecule has 0 amide bonds. The normalized spacial score (nSPS) is 13.4. The van der Waals surface area contributed by atoms with Crippen molar-refractivity contribution in [3.63, 3.8) is 0 Å². The second kappa shape index (κ2) is 5.27. The maximum atomic E-state index is 5.39. The largest absolute Gasteiger partial charge is 0.379 e. The fourth-order valence-corrected chi connectivity index (χ4v) is 1.42. The topological polar surface area (TPSA) is 73.6 Å². The summed E-state index contributed by atoms with van der Waals surface area (Å²) < 4.78 is 5.23. The van der Waals surface area contributed by atoms with Crippen molar-refractivity contribution in [1.82, 2.24) is 0 Å². The molecule has 0 rings (SSSR count). The first kappa shape index (κ1) is 11.6. The van der Waals surface area contributed by atoms with E-state index in [0.717, 1.165) is 12.2 Å². The quantitative estimate of drug-likeness (QED) is 0.297. The first-order chi connectivity index (χ1) is 5.52. The number of methoxy groups -OCH3 is 1. The Hall–Kier alpha value is -0.420.